The molecular weight excluding hydrogens is 242 g/mol. The lowest BCUT2D eigenvalue weighted by Gasteiger charge is -1.92. The summed E-state index contributed by atoms with van der Waals surface area (Å²) in [5.74, 6) is 0.798. The van der Waals surface area contributed by atoms with Gasteiger partial charge in [0.05, 0.1) is 5.75 Å². The average molecular weight is 253 g/mol. The zero-order valence-electron chi connectivity index (χ0n) is 9.35. The van der Waals surface area contributed by atoms with E-state index in [1.54, 1.807) is 13.0 Å². The van der Waals surface area contributed by atoms with Gasteiger partial charge in [-0.25, -0.2) is 9.78 Å². The average Bonchev–Trinajstić information content (AvgIpc) is 2.82. The van der Waals surface area contributed by atoms with Crippen LogP contribution in [0.1, 0.15) is 27.7 Å². The molecule has 0 unspecified atom stereocenters. The number of carbonyl (C=O) groups is 1. The topological polar surface area (TPSA) is 92.0 Å². The van der Waals surface area contributed by atoms with Crippen LogP contribution >= 0.6 is 11.8 Å². The van der Waals surface area contributed by atoms with Crippen molar-refractivity contribution in [2.45, 2.75) is 24.8 Å². The summed E-state index contributed by atoms with van der Waals surface area (Å²) in [6, 6.07) is 1.72. The second kappa shape index (κ2) is 4.62. The third kappa shape index (κ3) is 2.68. The van der Waals surface area contributed by atoms with Crippen molar-refractivity contribution < 1.29 is 14.3 Å². The Morgan fingerprint density at radius 1 is 1.59 bits per heavy atom. The van der Waals surface area contributed by atoms with Crippen molar-refractivity contribution in [2.24, 2.45) is 0 Å². The molecule has 0 aromatic carbocycles. The molecule has 0 aliphatic rings. The Balaban J connectivity index is 2.04. The molecule has 0 aliphatic heterocycles. The number of H-pyrrole nitrogens is 1. The number of carboxylic acid groups (broad SMARTS) is 1. The molecule has 2 aromatic rings. The summed E-state index contributed by atoms with van der Waals surface area (Å²) < 4.78 is 5.22. The Hall–Kier alpha value is -1.76. The molecule has 0 fully saturated rings. The van der Waals surface area contributed by atoms with Crippen molar-refractivity contribution in [2.75, 3.05) is 0 Å². The lowest BCUT2D eigenvalue weighted by Crippen LogP contribution is -1.94. The SMILES string of the molecule is Cc1nc(SCc2cc(C)c(C(=O)O)o2)n[nH]1. The summed E-state index contributed by atoms with van der Waals surface area (Å²) in [6.07, 6.45) is 0. The van der Waals surface area contributed by atoms with Crippen molar-refractivity contribution >= 4 is 17.7 Å². The van der Waals surface area contributed by atoms with E-state index in [1.807, 2.05) is 6.92 Å². The van der Waals surface area contributed by atoms with Gasteiger partial charge in [-0.2, -0.15) is 0 Å². The number of aromatic carboxylic acids is 1. The highest BCUT2D eigenvalue weighted by Gasteiger charge is 2.14. The van der Waals surface area contributed by atoms with Gasteiger partial charge < -0.3 is 9.52 Å². The van der Waals surface area contributed by atoms with Crippen LogP contribution in [0, 0.1) is 13.8 Å². The smallest absolute Gasteiger partial charge is 0.372 e. The molecule has 0 aliphatic carbocycles. The van der Waals surface area contributed by atoms with Gasteiger partial charge in [-0.1, -0.05) is 11.8 Å². The molecule has 6 nitrogen and oxygen atoms in total. The van der Waals surface area contributed by atoms with Crippen molar-refractivity contribution in [1.29, 1.82) is 0 Å². The van der Waals surface area contributed by atoms with Crippen LogP contribution < -0.4 is 0 Å². The van der Waals surface area contributed by atoms with Gasteiger partial charge in [-0.05, 0) is 19.9 Å². The molecule has 7 heteroatoms. The highest BCUT2D eigenvalue weighted by Crippen LogP contribution is 2.22. The van der Waals surface area contributed by atoms with E-state index in [9.17, 15) is 4.79 Å². The summed E-state index contributed by atoms with van der Waals surface area (Å²) in [4.78, 5) is 14.9. The van der Waals surface area contributed by atoms with E-state index in [4.69, 9.17) is 9.52 Å². The molecule has 0 saturated heterocycles. The Bertz CT molecular complexity index is 547. The number of carboxylic acids is 1. The van der Waals surface area contributed by atoms with E-state index < -0.39 is 5.97 Å². The van der Waals surface area contributed by atoms with Gasteiger partial charge >= 0.3 is 5.97 Å². The Kier molecular flexibility index (Phi) is 3.19. The molecule has 0 amide bonds. The number of aryl methyl sites for hydroxylation is 2. The third-order valence-corrected chi connectivity index (χ3v) is 2.95. The van der Waals surface area contributed by atoms with Crippen LogP contribution in [0.3, 0.4) is 0 Å². The first-order valence-electron chi connectivity index (χ1n) is 4.90. The minimum absolute atomic E-state index is 0.00762. The van der Waals surface area contributed by atoms with Crippen molar-refractivity contribution in [3.05, 3.63) is 29.0 Å². The second-order valence-electron chi connectivity index (χ2n) is 3.52. The van der Waals surface area contributed by atoms with Crippen LogP contribution in [0.2, 0.25) is 0 Å². The van der Waals surface area contributed by atoms with Crippen molar-refractivity contribution in [3.8, 4) is 0 Å². The van der Waals surface area contributed by atoms with Crippen LogP contribution in [-0.4, -0.2) is 26.3 Å². The molecule has 90 valence electrons. The number of rotatable bonds is 4. The predicted molar refractivity (Wildman–Crippen MR) is 61.1 cm³/mol. The van der Waals surface area contributed by atoms with Crippen LogP contribution in [0.15, 0.2) is 15.6 Å². The number of thioether (sulfide) groups is 1. The molecular formula is C10H11N3O3S. The molecule has 0 radical (unpaired) electrons. The largest absolute Gasteiger partial charge is 0.475 e. The fourth-order valence-electron chi connectivity index (χ4n) is 1.35. The molecule has 2 aromatic heterocycles. The first kappa shape index (κ1) is 11.7. The van der Waals surface area contributed by atoms with E-state index in [2.05, 4.69) is 15.2 Å². The molecule has 2 heterocycles. The number of aromatic amines is 1. The highest BCUT2D eigenvalue weighted by molar-refractivity contribution is 7.98. The van der Waals surface area contributed by atoms with E-state index in [0.29, 0.717) is 22.2 Å². The van der Waals surface area contributed by atoms with Crippen LogP contribution in [0.25, 0.3) is 0 Å². The number of hydrogen-bond acceptors (Lipinski definition) is 5. The Morgan fingerprint density at radius 3 is 2.88 bits per heavy atom. The summed E-state index contributed by atoms with van der Waals surface area (Å²) in [6.45, 7) is 3.52. The van der Waals surface area contributed by atoms with Gasteiger partial charge in [0.15, 0.2) is 0 Å². The lowest BCUT2D eigenvalue weighted by molar-refractivity contribution is 0.0659. The minimum atomic E-state index is -1.05. The summed E-state index contributed by atoms with van der Waals surface area (Å²) in [5, 5.41) is 16.2. The molecule has 2 N–H and O–H groups in total. The van der Waals surface area contributed by atoms with E-state index in [-0.39, 0.29) is 5.76 Å². The molecule has 0 atom stereocenters. The Labute approximate surface area is 101 Å². The normalized spacial score (nSPS) is 10.7. The first-order chi connectivity index (χ1) is 8.06. The van der Waals surface area contributed by atoms with Gasteiger partial charge in [-0.15, -0.1) is 5.10 Å². The van der Waals surface area contributed by atoms with Gasteiger partial charge in [0, 0.05) is 5.56 Å². The predicted octanol–water partition coefficient (Wildman–Crippen LogP) is 2.01. The maximum Gasteiger partial charge on any atom is 0.372 e. The number of nitrogens with one attached hydrogen (secondary N) is 1. The minimum Gasteiger partial charge on any atom is -0.475 e. The van der Waals surface area contributed by atoms with Crippen molar-refractivity contribution in [3.63, 3.8) is 0 Å². The standard InChI is InChI=1S/C10H11N3O3S/c1-5-3-7(16-8(5)9(14)15)4-17-10-11-6(2)12-13-10/h3H,4H2,1-2H3,(H,14,15)(H,11,12,13). The monoisotopic (exact) mass is 253 g/mol. The highest BCUT2D eigenvalue weighted by atomic mass is 32.2. The number of nitrogens with zero attached hydrogens (tertiary/aromatic N) is 2. The van der Waals surface area contributed by atoms with Crippen LogP contribution in [-0.2, 0) is 5.75 Å². The first-order valence-corrected chi connectivity index (χ1v) is 5.89. The van der Waals surface area contributed by atoms with Crippen LogP contribution in [0.5, 0.6) is 0 Å². The lowest BCUT2D eigenvalue weighted by atomic mass is 10.3. The summed E-state index contributed by atoms with van der Waals surface area (Å²) in [5.41, 5.74) is 0.624. The quantitative estimate of drug-likeness (QED) is 0.810. The van der Waals surface area contributed by atoms with E-state index >= 15 is 0 Å². The molecule has 0 spiro atoms. The Morgan fingerprint density at radius 2 is 2.35 bits per heavy atom. The van der Waals surface area contributed by atoms with Gasteiger partial charge in [0.2, 0.25) is 10.9 Å². The summed E-state index contributed by atoms with van der Waals surface area (Å²) >= 11 is 1.39. The third-order valence-electron chi connectivity index (χ3n) is 2.08. The maximum absolute atomic E-state index is 10.8. The van der Waals surface area contributed by atoms with Gasteiger partial charge in [0.1, 0.15) is 11.6 Å². The van der Waals surface area contributed by atoms with Crippen molar-refractivity contribution in [1.82, 2.24) is 15.2 Å². The van der Waals surface area contributed by atoms with E-state index in [0.717, 1.165) is 5.82 Å². The summed E-state index contributed by atoms with van der Waals surface area (Å²) in [7, 11) is 0. The molecule has 17 heavy (non-hydrogen) atoms. The van der Waals surface area contributed by atoms with E-state index in [1.165, 1.54) is 11.8 Å². The molecule has 2 rings (SSSR count). The molecule has 0 saturated carbocycles. The number of aromatic nitrogens is 3. The fraction of sp³-hybridized carbons (Fsp3) is 0.300. The van der Waals surface area contributed by atoms with Crippen LogP contribution in [0.4, 0.5) is 0 Å². The maximum atomic E-state index is 10.8. The second-order valence-corrected chi connectivity index (χ2v) is 4.46. The van der Waals surface area contributed by atoms with Gasteiger partial charge in [-0.3, -0.25) is 5.10 Å². The van der Waals surface area contributed by atoms with Gasteiger partial charge in [0.25, 0.3) is 0 Å². The number of furan rings is 1. The molecule has 0 bridgehead atoms. The zero-order chi connectivity index (χ0) is 12.4. The number of hydrogen-bond donors (Lipinski definition) is 2. The zero-order valence-corrected chi connectivity index (χ0v) is 10.2. The fourth-order valence-corrected chi connectivity index (χ4v) is 2.08.